The van der Waals surface area contributed by atoms with Gasteiger partial charge in [-0.2, -0.15) is 13.2 Å². The van der Waals surface area contributed by atoms with E-state index in [9.17, 15) is 13.2 Å². The van der Waals surface area contributed by atoms with Crippen molar-refractivity contribution in [2.24, 2.45) is 0 Å². The normalized spacial score (nSPS) is 12.1. The first-order valence-corrected chi connectivity index (χ1v) is 11.8. The van der Waals surface area contributed by atoms with Gasteiger partial charge in [-0.25, -0.2) is 9.97 Å². The molecule has 4 rings (SSSR count). The molecule has 0 aliphatic heterocycles. The monoisotopic (exact) mass is 489 g/mol. The van der Waals surface area contributed by atoms with Crippen molar-refractivity contribution in [3.05, 3.63) is 63.6 Å². The summed E-state index contributed by atoms with van der Waals surface area (Å²) in [6, 6.07) is 9.22. The molecule has 0 aliphatic rings. The average molecular weight is 490 g/mol. The van der Waals surface area contributed by atoms with Gasteiger partial charge in [-0.15, -0.1) is 11.3 Å². The number of aromatic nitrogens is 3. The summed E-state index contributed by atoms with van der Waals surface area (Å²) in [5, 5.41) is 2.34. The van der Waals surface area contributed by atoms with Crippen LogP contribution in [0.3, 0.4) is 0 Å². The molecule has 2 heterocycles. The fourth-order valence-electron chi connectivity index (χ4n) is 4.08. The quantitative estimate of drug-likeness (QED) is 0.282. The van der Waals surface area contributed by atoms with Crippen molar-refractivity contribution in [2.45, 2.75) is 38.9 Å². The van der Waals surface area contributed by atoms with Crippen LogP contribution in [0.15, 0.2) is 41.9 Å². The van der Waals surface area contributed by atoms with Gasteiger partial charge in [0, 0.05) is 37.2 Å². The molecular formula is C25H26F3N3O2S. The third-order valence-electron chi connectivity index (χ3n) is 5.75. The number of methoxy groups -OCH3 is 2. The molecule has 0 bridgehead atoms. The zero-order valence-corrected chi connectivity index (χ0v) is 20.3. The average Bonchev–Trinajstić information content (AvgIpc) is 3.44. The minimum Gasteiger partial charge on any atom is -0.494 e. The molecule has 4 aromatic rings. The maximum Gasteiger partial charge on any atom is 0.418 e. The molecule has 34 heavy (non-hydrogen) atoms. The van der Waals surface area contributed by atoms with E-state index in [0.717, 1.165) is 11.1 Å². The second-order valence-electron chi connectivity index (χ2n) is 8.27. The zero-order valence-electron chi connectivity index (χ0n) is 19.4. The second kappa shape index (κ2) is 9.76. The molecule has 2 aromatic carbocycles. The maximum atomic E-state index is 14.4. The van der Waals surface area contributed by atoms with E-state index in [2.05, 4.69) is 23.8 Å². The number of benzene rings is 2. The molecule has 180 valence electrons. The van der Waals surface area contributed by atoms with Gasteiger partial charge < -0.3 is 14.0 Å². The first-order chi connectivity index (χ1) is 16.2. The number of thiazole rings is 1. The van der Waals surface area contributed by atoms with Crippen LogP contribution >= 0.6 is 11.3 Å². The van der Waals surface area contributed by atoms with Crippen LogP contribution < -0.4 is 4.74 Å². The largest absolute Gasteiger partial charge is 0.494 e. The number of alkyl halides is 3. The molecule has 0 aliphatic carbocycles. The number of hydrogen-bond donors (Lipinski definition) is 0. The number of rotatable bonds is 8. The third-order valence-corrected chi connectivity index (χ3v) is 6.53. The Hall–Kier alpha value is -2.91. The van der Waals surface area contributed by atoms with Crippen LogP contribution in [0.1, 0.15) is 41.5 Å². The highest BCUT2D eigenvalue weighted by Crippen LogP contribution is 2.43. The highest BCUT2D eigenvalue weighted by atomic mass is 32.1. The molecule has 0 amide bonds. The molecule has 0 saturated heterocycles. The second-order valence-corrected chi connectivity index (χ2v) is 9.25. The SMILES string of the molecule is COCCn1c(-c2ccc(C(C)C)cc2)nc2c(C(F)(F)F)c(Cc3nccs3)cc(OC)c21. The Bertz CT molecular complexity index is 1260. The van der Waals surface area contributed by atoms with Gasteiger partial charge in [-0.3, -0.25) is 0 Å². The van der Waals surface area contributed by atoms with Gasteiger partial charge in [0.15, 0.2) is 0 Å². The minimum absolute atomic E-state index is 0.0438. The Morgan fingerprint density at radius 3 is 2.41 bits per heavy atom. The van der Waals surface area contributed by atoms with Crippen molar-refractivity contribution in [3.63, 3.8) is 0 Å². The summed E-state index contributed by atoms with van der Waals surface area (Å²) >= 11 is 1.31. The molecule has 9 heteroatoms. The van der Waals surface area contributed by atoms with Crippen molar-refractivity contribution in [1.29, 1.82) is 0 Å². The number of hydrogen-bond acceptors (Lipinski definition) is 5. The van der Waals surface area contributed by atoms with Crippen molar-refractivity contribution in [3.8, 4) is 17.1 Å². The Morgan fingerprint density at radius 2 is 1.85 bits per heavy atom. The summed E-state index contributed by atoms with van der Waals surface area (Å²) in [4.78, 5) is 8.74. The van der Waals surface area contributed by atoms with E-state index in [1.807, 2.05) is 24.3 Å². The van der Waals surface area contributed by atoms with Crippen LogP contribution in [-0.4, -0.2) is 35.4 Å². The van der Waals surface area contributed by atoms with Gasteiger partial charge in [0.2, 0.25) is 0 Å². The Morgan fingerprint density at radius 1 is 1.12 bits per heavy atom. The van der Waals surface area contributed by atoms with E-state index in [4.69, 9.17) is 9.47 Å². The first-order valence-electron chi connectivity index (χ1n) is 10.9. The van der Waals surface area contributed by atoms with Gasteiger partial charge >= 0.3 is 6.18 Å². The van der Waals surface area contributed by atoms with Crippen molar-refractivity contribution in [1.82, 2.24) is 14.5 Å². The summed E-state index contributed by atoms with van der Waals surface area (Å²) < 4.78 is 55.9. The van der Waals surface area contributed by atoms with E-state index < -0.39 is 11.7 Å². The van der Waals surface area contributed by atoms with Gasteiger partial charge in [-0.1, -0.05) is 38.1 Å². The van der Waals surface area contributed by atoms with Crippen molar-refractivity contribution < 1.29 is 22.6 Å². The van der Waals surface area contributed by atoms with Gasteiger partial charge in [0.25, 0.3) is 0 Å². The first kappa shape index (κ1) is 24.2. The van der Waals surface area contributed by atoms with Crippen LogP contribution in [0, 0.1) is 0 Å². The lowest BCUT2D eigenvalue weighted by molar-refractivity contribution is -0.136. The van der Waals surface area contributed by atoms with E-state index in [1.165, 1.54) is 24.5 Å². The topological polar surface area (TPSA) is 49.2 Å². The zero-order chi connectivity index (χ0) is 24.5. The van der Waals surface area contributed by atoms with Gasteiger partial charge in [0.1, 0.15) is 22.6 Å². The lowest BCUT2D eigenvalue weighted by atomic mass is 10.0. The van der Waals surface area contributed by atoms with E-state index >= 15 is 0 Å². The van der Waals surface area contributed by atoms with E-state index in [1.54, 1.807) is 23.3 Å². The predicted octanol–water partition coefficient (Wildman–Crippen LogP) is 6.55. The molecule has 0 atom stereocenters. The van der Waals surface area contributed by atoms with E-state index in [0.29, 0.717) is 41.2 Å². The fraction of sp³-hybridized carbons (Fsp3) is 0.360. The van der Waals surface area contributed by atoms with Crippen LogP contribution in [0.4, 0.5) is 13.2 Å². The standard InChI is InChI=1S/C25H26F3N3O2S/c1-15(2)16-5-7-17(8-6-16)24-30-22-21(25(26,27)28)18(14-20-29-9-12-34-20)13-19(33-4)23(22)31(24)10-11-32-3/h5-9,12-13,15H,10-11,14H2,1-4H3. The van der Waals surface area contributed by atoms with E-state index in [-0.39, 0.29) is 17.5 Å². The fourth-order valence-corrected chi connectivity index (χ4v) is 4.72. The van der Waals surface area contributed by atoms with Gasteiger partial charge in [0.05, 0.1) is 24.3 Å². The van der Waals surface area contributed by atoms with Crippen molar-refractivity contribution in [2.75, 3.05) is 20.8 Å². The predicted molar refractivity (Wildman–Crippen MR) is 128 cm³/mol. The lowest BCUT2D eigenvalue weighted by Crippen LogP contribution is -2.12. The molecule has 0 N–H and O–H groups in total. The maximum absolute atomic E-state index is 14.4. The van der Waals surface area contributed by atoms with Crippen molar-refractivity contribution >= 4 is 22.4 Å². The van der Waals surface area contributed by atoms with Crippen LogP contribution in [0.25, 0.3) is 22.4 Å². The summed E-state index contributed by atoms with van der Waals surface area (Å²) in [5.74, 6) is 1.12. The summed E-state index contributed by atoms with van der Waals surface area (Å²) in [6.45, 7) is 4.82. The molecule has 0 unspecified atom stereocenters. The Kier molecular flexibility index (Phi) is 6.95. The van der Waals surface area contributed by atoms with Crippen LogP contribution in [-0.2, 0) is 23.9 Å². The molecule has 2 aromatic heterocycles. The highest BCUT2D eigenvalue weighted by Gasteiger charge is 2.39. The molecule has 0 saturated carbocycles. The number of fused-ring (bicyclic) bond motifs is 1. The number of halogens is 3. The number of imidazole rings is 1. The third kappa shape index (κ3) is 4.67. The summed E-state index contributed by atoms with van der Waals surface area (Å²) in [7, 11) is 3.01. The Labute approximate surface area is 200 Å². The lowest BCUT2D eigenvalue weighted by Gasteiger charge is -2.16. The molecule has 0 fully saturated rings. The Balaban J connectivity index is 2.01. The number of ether oxygens (including phenoxy) is 2. The van der Waals surface area contributed by atoms with Gasteiger partial charge in [-0.05, 0) is 23.1 Å². The summed E-state index contributed by atoms with van der Waals surface area (Å²) in [6.07, 6.45) is -2.97. The van der Waals surface area contributed by atoms with Crippen LogP contribution in [0.2, 0.25) is 0 Å². The smallest absolute Gasteiger partial charge is 0.418 e. The molecule has 5 nitrogen and oxygen atoms in total. The highest BCUT2D eigenvalue weighted by molar-refractivity contribution is 7.09. The molecule has 0 radical (unpaired) electrons. The van der Waals surface area contributed by atoms with Crippen LogP contribution in [0.5, 0.6) is 5.75 Å². The summed E-state index contributed by atoms with van der Waals surface area (Å²) in [5.41, 5.74) is 1.38. The molecule has 0 spiro atoms. The minimum atomic E-state index is -4.60. The molecular weight excluding hydrogens is 463 g/mol. The number of nitrogens with zero attached hydrogens (tertiary/aromatic N) is 3.